The third-order valence-electron chi connectivity index (χ3n) is 4.20. The summed E-state index contributed by atoms with van der Waals surface area (Å²) in [5.74, 6) is 0. The number of non-ortho nitro benzene ring substituents is 1. The second-order valence-corrected chi connectivity index (χ2v) is 8.31. The minimum absolute atomic E-state index is 0.189. The van der Waals surface area contributed by atoms with E-state index >= 15 is 0 Å². The molecule has 0 amide bonds. The molecule has 0 saturated carbocycles. The zero-order chi connectivity index (χ0) is 20.5. The zero-order valence-electron chi connectivity index (χ0n) is 15.1. The first-order valence-electron chi connectivity index (χ1n) is 8.23. The standard InChI is InChI=1S/C18H17ClN4O4S/c1-12-18(13(2)22(20-12)11-14-6-8-15(19)9-7-14)21-28(26,27)17-5-3-4-16(10-17)23(24)25/h3-10,21H,11H2,1-2H3. The number of aromatic nitrogens is 2. The van der Waals surface area contributed by atoms with Gasteiger partial charge in [-0.05, 0) is 37.6 Å². The van der Waals surface area contributed by atoms with Gasteiger partial charge in [0.1, 0.15) is 0 Å². The van der Waals surface area contributed by atoms with Crippen LogP contribution in [0.5, 0.6) is 0 Å². The number of rotatable bonds is 6. The summed E-state index contributed by atoms with van der Waals surface area (Å²) in [5.41, 5.74) is 2.14. The Hall–Kier alpha value is -2.91. The van der Waals surface area contributed by atoms with Crippen molar-refractivity contribution in [2.45, 2.75) is 25.3 Å². The molecule has 0 bridgehead atoms. The molecule has 1 aromatic heterocycles. The Kier molecular flexibility index (Phi) is 5.39. The Morgan fingerprint density at radius 3 is 2.50 bits per heavy atom. The molecule has 0 atom stereocenters. The molecule has 0 unspecified atom stereocenters. The second kappa shape index (κ2) is 7.61. The lowest BCUT2D eigenvalue weighted by atomic mass is 10.2. The Balaban J connectivity index is 1.90. The highest BCUT2D eigenvalue weighted by molar-refractivity contribution is 7.92. The average molecular weight is 421 g/mol. The largest absolute Gasteiger partial charge is 0.276 e. The highest BCUT2D eigenvalue weighted by Crippen LogP contribution is 2.25. The summed E-state index contributed by atoms with van der Waals surface area (Å²) in [6.07, 6.45) is 0. The van der Waals surface area contributed by atoms with Crippen LogP contribution in [0.1, 0.15) is 17.0 Å². The van der Waals surface area contributed by atoms with Crippen molar-refractivity contribution in [3.63, 3.8) is 0 Å². The topological polar surface area (TPSA) is 107 Å². The third-order valence-corrected chi connectivity index (χ3v) is 5.80. The molecule has 0 aliphatic heterocycles. The van der Waals surface area contributed by atoms with Crippen molar-refractivity contribution in [3.8, 4) is 0 Å². The molecule has 1 N–H and O–H groups in total. The van der Waals surface area contributed by atoms with Gasteiger partial charge in [0.2, 0.25) is 0 Å². The van der Waals surface area contributed by atoms with Gasteiger partial charge in [-0.1, -0.05) is 29.8 Å². The Morgan fingerprint density at radius 1 is 1.18 bits per heavy atom. The van der Waals surface area contributed by atoms with Crippen LogP contribution in [-0.2, 0) is 16.6 Å². The number of aryl methyl sites for hydroxylation is 1. The Morgan fingerprint density at radius 2 is 1.86 bits per heavy atom. The molecule has 0 aliphatic carbocycles. The summed E-state index contributed by atoms with van der Waals surface area (Å²) in [4.78, 5) is 10.1. The molecule has 1 heterocycles. The number of nitro groups is 1. The van der Waals surface area contributed by atoms with Crippen LogP contribution in [0.4, 0.5) is 11.4 Å². The van der Waals surface area contributed by atoms with Gasteiger partial charge in [0.15, 0.2) is 0 Å². The summed E-state index contributed by atoms with van der Waals surface area (Å²) in [5, 5.41) is 15.9. The molecule has 0 radical (unpaired) electrons. The van der Waals surface area contributed by atoms with E-state index < -0.39 is 14.9 Å². The first kappa shape index (κ1) is 19.8. The van der Waals surface area contributed by atoms with Crippen LogP contribution < -0.4 is 4.72 Å². The van der Waals surface area contributed by atoms with Gasteiger partial charge >= 0.3 is 0 Å². The van der Waals surface area contributed by atoms with Crippen molar-refractivity contribution < 1.29 is 13.3 Å². The van der Waals surface area contributed by atoms with Gasteiger partial charge in [0.25, 0.3) is 15.7 Å². The molecule has 0 spiro atoms. The normalized spacial score (nSPS) is 11.4. The van der Waals surface area contributed by atoms with Gasteiger partial charge in [-0.3, -0.25) is 19.5 Å². The van der Waals surface area contributed by atoms with Crippen molar-refractivity contribution in [3.05, 3.63) is 80.6 Å². The molecule has 146 valence electrons. The van der Waals surface area contributed by atoms with Gasteiger partial charge in [-0.15, -0.1) is 0 Å². The first-order valence-corrected chi connectivity index (χ1v) is 10.1. The molecule has 10 heteroatoms. The molecule has 3 rings (SSSR count). The summed E-state index contributed by atoms with van der Waals surface area (Å²) >= 11 is 5.90. The Labute approximate surface area is 167 Å². The molecule has 8 nitrogen and oxygen atoms in total. The van der Waals surface area contributed by atoms with Crippen LogP contribution in [-0.4, -0.2) is 23.1 Å². The van der Waals surface area contributed by atoms with Crippen LogP contribution in [0.15, 0.2) is 53.4 Å². The molecular formula is C18H17ClN4O4S. The van der Waals surface area contributed by atoms with Crippen molar-refractivity contribution in [1.82, 2.24) is 9.78 Å². The Bertz CT molecular complexity index is 1140. The van der Waals surface area contributed by atoms with Crippen LogP contribution in [0.2, 0.25) is 5.02 Å². The predicted molar refractivity (Wildman–Crippen MR) is 106 cm³/mol. The summed E-state index contributed by atoms with van der Waals surface area (Å²) in [6.45, 7) is 3.89. The van der Waals surface area contributed by atoms with Crippen LogP contribution in [0, 0.1) is 24.0 Å². The van der Waals surface area contributed by atoms with E-state index in [0.29, 0.717) is 28.6 Å². The quantitative estimate of drug-likeness (QED) is 0.480. The molecule has 0 fully saturated rings. The fourth-order valence-corrected chi connectivity index (χ4v) is 4.06. The van der Waals surface area contributed by atoms with E-state index in [2.05, 4.69) is 9.82 Å². The zero-order valence-corrected chi connectivity index (χ0v) is 16.7. The highest BCUT2D eigenvalue weighted by Gasteiger charge is 2.22. The summed E-state index contributed by atoms with van der Waals surface area (Å²) in [7, 11) is -4.00. The van der Waals surface area contributed by atoms with Crippen molar-refractivity contribution in [2.75, 3.05) is 4.72 Å². The molecule has 3 aromatic rings. The van der Waals surface area contributed by atoms with Crippen molar-refractivity contribution >= 4 is 33.0 Å². The average Bonchev–Trinajstić information content (AvgIpc) is 2.91. The number of nitro benzene ring substituents is 1. The minimum atomic E-state index is -4.00. The monoisotopic (exact) mass is 420 g/mol. The van der Waals surface area contributed by atoms with E-state index in [1.165, 1.54) is 18.2 Å². The molecule has 0 aliphatic rings. The number of sulfonamides is 1. The number of hydrogen-bond donors (Lipinski definition) is 1. The maximum Gasteiger partial charge on any atom is 0.270 e. The number of hydrogen-bond acceptors (Lipinski definition) is 5. The predicted octanol–water partition coefficient (Wildman–Crippen LogP) is 3.91. The van der Waals surface area contributed by atoms with Gasteiger partial charge in [0, 0.05) is 17.2 Å². The van der Waals surface area contributed by atoms with Crippen LogP contribution >= 0.6 is 11.6 Å². The van der Waals surface area contributed by atoms with Gasteiger partial charge < -0.3 is 0 Å². The number of nitrogens with one attached hydrogen (secondary N) is 1. The van der Waals surface area contributed by atoms with E-state index in [4.69, 9.17) is 11.6 Å². The lowest BCUT2D eigenvalue weighted by Crippen LogP contribution is -2.14. The summed E-state index contributed by atoms with van der Waals surface area (Å²) < 4.78 is 29.6. The highest BCUT2D eigenvalue weighted by atomic mass is 35.5. The number of benzene rings is 2. The maximum atomic E-state index is 12.7. The lowest BCUT2D eigenvalue weighted by molar-refractivity contribution is -0.385. The van der Waals surface area contributed by atoms with E-state index in [-0.39, 0.29) is 10.6 Å². The first-order chi connectivity index (χ1) is 13.2. The number of anilines is 1. The summed E-state index contributed by atoms with van der Waals surface area (Å²) in [6, 6.07) is 12.2. The fraction of sp³-hybridized carbons (Fsp3) is 0.167. The van der Waals surface area contributed by atoms with Crippen LogP contribution in [0.3, 0.4) is 0 Å². The van der Waals surface area contributed by atoms with E-state index in [0.717, 1.165) is 11.6 Å². The van der Waals surface area contributed by atoms with Gasteiger partial charge in [0.05, 0.1) is 33.4 Å². The second-order valence-electron chi connectivity index (χ2n) is 6.19. The fourth-order valence-electron chi connectivity index (χ4n) is 2.72. The van der Waals surface area contributed by atoms with Crippen molar-refractivity contribution in [1.29, 1.82) is 0 Å². The molecular weight excluding hydrogens is 404 g/mol. The van der Waals surface area contributed by atoms with E-state index in [1.807, 2.05) is 12.1 Å². The van der Waals surface area contributed by atoms with Gasteiger partial charge in [-0.2, -0.15) is 5.10 Å². The lowest BCUT2D eigenvalue weighted by Gasteiger charge is -2.09. The SMILES string of the molecule is Cc1nn(Cc2ccc(Cl)cc2)c(C)c1NS(=O)(=O)c1cccc([N+](=O)[O-])c1. The van der Waals surface area contributed by atoms with Crippen LogP contribution in [0.25, 0.3) is 0 Å². The van der Waals surface area contributed by atoms with Gasteiger partial charge in [-0.25, -0.2) is 8.42 Å². The number of nitrogens with zero attached hydrogens (tertiary/aromatic N) is 3. The molecule has 2 aromatic carbocycles. The smallest absolute Gasteiger partial charge is 0.270 e. The minimum Gasteiger partial charge on any atom is -0.276 e. The van der Waals surface area contributed by atoms with E-state index in [9.17, 15) is 18.5 Å². The van der Waals surface area contributed by atoms with E-state index in [1.54, 1.807) is 30.7 Å². The van der Waals surface area contributed by atoms with Crippen molar-refractivity contribution in [2.24, 2.45) is 0 Å². The number of halogens is 1. The third kappa shape index (κ3) is 4.15. The molecule has 28 heavy (non-hydrogen) atoms. The molecule has 0 saturated heterocycles. The maximum absolute atomic E-state index is 12.7.